The van der Waals surface area contributed by atoms with Crippen LogP contribution in [0.15, 0.2) is 0 Å². The third kappa shape index (κ3) is 3.96. The highest BCUT2D eigenvalue weighted by Crippen LogP contribution is 2.30. The van der Waals surface area contributed by atoms with Gasteiger partial charge < -0.3 is 15.0 Å². The molecule has 1 aliphatic heterocycles. The Morgan fingerprint density at radius 3 is 2.82 bits per heavy atom. The maximum absolute atomic E-state index is 12.3. The van der Waals surface area contributed by atoms with Crippen molar-refractivity contribution < 1.29 is 9.53 Å². The van der Waals surface area contributed by atoms with Crippen LogP contribution in [0.4, 0.5) is 0 Å². The van der Waals surface area contributed by atoms with E-state index >= 15 is 0 Å². The Labute approximate surface area is 105 Å². The molecule has 17 heavy (non-hydrogen) atoms. The summed E-state index contributed by atoms with van der Waals surface area (Å²) in [6.07, 6.45) is 3.17. The number of hydrogen-bond donors (Lipinski definition) is 1. The first kappa shape index (κ1) is 14.5. The number of hydrogen-bond acceptors (Lipinski definition) is 3. The minimum absolute atomic E-state index is 0.0382. The molecule has 4 nitrogen and oxygen atoms in total. The summed E-state index contributed by atoms with van der Waals surface area (Å²) in [7, 11) is 3.57. The number of amides is 1. The maximum Gasteiger partial charge on any atom is 0.240 e. The van der Waals surface area contributed by atoms with Gasteiger partial charge in [0.15, 0.2) is 0 Å². The summed E-state index contributed by atoms with van der Waals surface area (Å²) in [5, 5.41) is 3.36. The Morgan fingerprint density at radius 2 is 2.24 bits per heavy atom. The van der Waals surface area contributed by atoms with Gasteiger partial charge in [-0.25, -0.2) is 0 Å². The van der Waals surface area contributed by atoms with E-state index in [0.717, 1.165) is 32.4 Å². The highest BCUT2D eigenvalue weighted by atomic mass is 16.5. The van der Waals surface area contributed by atoms with Crippen LogP contribution in [-0.2, 0) is 9.53 Å². The summed E-state index contributed by atoms with van der Waals surface area (Å²) in [5.41, 5.74) is 0.0604. The van der Waals surface area contributed by atoms with Gasteiger partial charge in [-0.05, 0) is 31.2 Å². The van der Waals surface area contributed by atoms with Crippen LogP contribution in [0.25, 0.3) is 0 Å². The fraction of sp³-hybridized carbons (Fsp3) is 0.923. The van der Waals surface area contributed by atoms with E-state index in [1.165, 1.54) is 0 Å². The second-order valence-corrected chi connectivity index (χ2v) is 5.59. The minimum Gasteiger partial charge on any atom is -0.385 e. The van der Waals surface area contributed by atoms with Gasteiger partial charge in [0.1, 0.15) is 0 Å². The molecule has 1 N–H and O–H groups in total. The fourth-order valence-electron chi connectivity index (χ4n) is 2.41. The molecule has 100 valence electrons. The molecule has 1 rings (SSSR count). The highest BCUT2D eigenvalue weighted by molar-refractivity contribution is 5.82. The van der Waals surface area contributed by atoms with Crippen molar-refractivity contribution in [2.75, 3.05) is 33.9 Å². The quantitative estimate of drug-likeness (QED) is 0.738. The standard InChI is InChI=1S/C13H26N2O2/c1-13(2)7-5-8-14-11(13)12(16)15(3)9-6-10-17-4/h11,14H,5-10H2,1-4H3. The van der Waals surface area contributed by atoms with Crippen molar-refractivity contribution >= 4 is 5.91 Å². The number of likely N-dealkylation sites (N-methyl/N-ethyl adjacent to an activating group) is 1. The van der Waals surface area contributed by atoms with Crippen LogP contribution in [0.5, 0.6) is 0 Å². The van der Waals surface area contributed by atoms with E-state index in [1.54, 1.807) is 7.11 Å². The lowest BCUT2D eigenvalue weighted by Gasteiger charge is -2.40. The number of carbonyl (C=O) groups excluding carboxylic acids is 1. The van der Waals surface area contributed by atoms with Crippen molar-refractivity contribution in [3.63, 3.8) is 0 Å². The topological polar surface area (TPSA) is 41.6 Å². The monoisotopic (exact) mass is 242 g/mol. The van der Waals surface area contributed by atoms with Crippen LogP contribution in [-0.4, -0.2) is 50.7 Å². The Bertz CT molecular complexity index is 254. The largest absolute Gasteiger partial charge is 0.385 e. The molecule has 0 bridgehead atoms. The van der Waals surface area contributed by atoms with E-state index in [0.29, 0.717) is 6.61 Å². The zero-order valence-electron chi connectivity index (χ0n) is 11.6. The summed E-state index contributed by atoms with van der Waals surface area (Å²) >= 11 is 0. The molecule has 0 aromatic rings. The van der Waals surface area contributed by atoms with Crippen LogP contribution >= 0.6 is 0 Å². The van der Waals surface area contributed by atoms with Gasteiger partial charge in [0.05, 0.1) is 6.04 Å². The van der Waals surface area contributed by atoms with Crippen LogP contribution in [0, 0.1) is 5.41 Å². The smallest absolute Gasteiger partial charge is 0.240 e. The molecular formula is C13H26N2O2. The Morgan fingerprint density at radius 1 is 1.53 bits per heavy atom. The number of nitrogens with zero attached hydrogens (tertiary/aromatic N) is 1. The molecule has 0 saturated carbocycles. The van der Waals surface area contributed by atoms with Crippen molar-refractivity contribution in [2.45, 2.75) is 39.2 Å². The van der Waals surface area contributed by atoms with Gasteiger partial charge in [0.2, 0.25) is 5.91 Å². The summed E-state index contributed by atoms with van der Waals surface area (Å²) in [5.74, 6) is 0.214. The zero-order valence-corrected chi connectivity index (χ0v) is 11.6. The average molecular weight is 242 g/mol. The number of nitrogens with one attached hydrogen (secondary N) is 1. The predicted octanol–water partition coefficient (Wildman–Crippen LogP) is 1.26. The van der Waals surface area contributed by atoms with Crippen LogP contribution in [0.1, 0.15) is 33.1 Å². The number of methoxy groups -OCH3 is 1. The first-order chi connectivity index (χ1) is 7.99. The number of piperidine rings is 1. The van der Waals surface area contributed by atoms with Gasteiger partial charge in [0.25, 0.3) is 0 Å². The van der Waals surface area contributed by atoms with Gasteiger partial charge in [-0.1, -0.05) is 13.8 Å². The minimum atomic E-state index is -0.0382. The first-order valence-electron chi connectivity index (χ1n) is 6.46. The Hall–Kier alpha value is -0.610. The van der Waals surface area contributed by atoms with E-state index in [4.69, 9.17) is 4.74 Å². The lowest BCUT2D eigenvalue weighted by atomic mass is 9.77. The van der Waals surface area contributed by atoms with E-state index in [-0.39, 0.29) is 17.4 Å². The van der Waals surface area contributed by atoms with Crippen LogP contribution in [0.3, 0.4) is 0 Å². The summed E-state index contributed by atoms with van der Waals surface area (Å²) in [4.78, 5) is 14.2. The number of rotatable bonds is 5. The maximum atomic E-state index is 12.3. The third-order valence-corrected chi connectivity index (χ3v) is 3.59. The van der Waals surface area contributed by atoms with Crippen molar-refractivity contribution in [1.82, 2.24) is 10.2 Å². The SMILES string of the molecule is COCCCN(C)C(=O)C1NCCCC1(C)C. The summed E-state index contributed by atoms with van der Waals surface area (Å²) < 4.78 is 5.00. The third-order valence-electron chi connectivity index (χ3n) is 3.59. The summed E-state index contributed by atoms with van der Waals surface area (Å²) in [6, 6.07) is -0.0382. The van der Waals surface area contributed by atoms with Crippen molar-refractivity contribution in [3.8, 4) is 0 Å². The lowest BCUT2D eigenvalue weighted by Crippen LogP contribution is -2.56. The molecule has 0 spiro atoms. The molecule has 0 aromatic heterocycles. The fourth-order valence-corrected chi connectivity index (χ4v) is 2.41. The van der Waals surface area contributed by atoms with E-state index < -0.39 is 0 Å². The van der Waals surface area contributed by atoms with E-state index in [2.05, 4.69) is 19.2 Å². The van der Waals surface area contributed by atoms with Crippen molar-refractivity contribution in [2.24, 2.45) is 5.41 Å². The molecule has 1 aliphatic rings. The molecule has 1 unspecified atom stereocenters. The van der Waals surface area contributed by atoms with Crippen molar-refractivity contribution in [3.05, 3.63) is 0 Å². The van der Waals surface area contributed by atoms with Gasteiger partial charge >= 0.3 is 0 Å². The average Bonchev–Trinajstić information content (AvgIpc) is 2.28. The molecule has 1 saturated heterocycles. The normalized spacial score (nSPS) is 23.4. The summed E-state index contributed by atoms with van der Waals surface area (Å²) in [6.45, 7) is 6.77. The zero-order chi connectivity index (χ0) is 12.9. The van der Waals surface area contributed by atoms with Crippen LogP contribution in [0.2, 0.25) is 0 Å². The molecule has 1 heterocycles. The van der Waals surface area contributed by atoms with E-state index in [9.17, 15) is 4.79 Å². The lowest BCUT2D eigenvalue weighted by molar-refractivity contribution is -0.136. The predicted molar refractivity (Wildman–Crippen MR) is 68.9 cm³/mol. The number of carbonyl (C=O) groups is 1. The van der Waals surface area contributed by atoms with Gasteiger partial charge in [0, 0.05) is 27.3 Å². The molecule has 1 atom stereocenters. The molecule has 0 aromatic carbocycles. The molecule has 0 aliphatic carbocycles. The molecule has 4 heteroatoms. The number of ether oxygens (including phenoxy) is 1. The first-order valence-corrected chi connectivity index (χ1v) is 6.46. The second kappa shape index (κ2) is 6.36. The second-order valence-electron chi connectivity index (χ2n) is 5.59. The Kier molecular flexibility index (Phi) is 5.40. The van der Waals surface area contributed by atoms with Gasteiger partial charge in [-0.3, -0.25) is 4.79 Å². The molecular weight excluding hydrogens is 216 g/mol. The van der Waals surface area contributed by atoms with Gasteiger partial charge in [-0.2, -0.15) is 0 Å². The molecule has 1 fully saturated rings. The van der Waals surface area contributed by atoms with Crippen molar-refractivity contribution in [1.29, 1.82) is 0 Å². The van der Waals surface area contributed by atoms with Gasteiger partial charge in [-0.15, -0.1) is 0 Å². The Balaban J connectivity index is 2.49. The van der Waals surface area contributed by atoms with Crippen LogP contribution < -0.4 is 5.32 Å². The molecule has 1 amide bonds. The highest BCUT2D eigenvalue weighted by Gasteiger charge is 2.38. The molecule has 0 radical (unpaired) electrons. The van der Waals surface area contributed by atoms with E-state index in [1.807, 2.05) is 11.9 Å².